The number of benzene rings is 2. The van der Waals surface area contributed by atoms with Crippen molar-refractivity contribution in [3.63, 3.8) is 0 Å². The van der Waals surface area contributed by atoms with E-state index < -0.39 is 0 Å². The van der Waals surface area contributed by atoms with Gasteiger partial charge in [0.15, 0.2) is 0 Å². The molecule has 1 aromatic heterocycles. The molecule has 34 heavy (non-hydrogen) atoms. The van der Waals surface area contributed by atoms with Gasteiger partial charge in [-0.05, 0) is 60.9 Å². The predicted octanol–water partition coefficient (Wildman–Crippen LogP) is 6.32. The second kappa shape index (κ2) is 11.5. The molecule has 0 saturated heterocycles. The summed E-state index contributed by atoms with van der Waals surface area (Å²) in [5.74, 6) is 1.49. The van der Waals surface area contributed by atoms with E-state index in [9.17, 15) is 9.59 Å². The van der Waals surface area contributed by atoms with Crippen molar-refractivity contribution in [1.29, 1.82) is 0 Å². The number of aromatic nitrogens is 2. The SMILES string of the molecule is CCc1ccc(-n2c(C(CC)N(CCC(C)C)C(=O)CC(C)C)nc3ccccc3c2=O)cc1. The molecule has 1 heterocycles. The minimum absolute atomic E-state index is 0.0941. The van der Waals surface area contributed by atoms with Gasteiger partial charge in [0.25, 0.3) is 5.56 Å². The van der Waals surface area contributed by atoms with Gasteiger partial charge in [0.1, 0.15) is 5.82 Å². The Bertz CT molecular complexity index is 1160. The van der Waals surface area contributed by atoms with Crippen LogP contribution in [0, 0.1) is 11.8 Å². The second-order valence-electron chi connectivity index (χ2n) is 9.94. The zero-order valence-corrected chi connectivity index (χ0v) is 21.5. The van der Waals surface area contributed by atoms with Gasteiger partial charge in [-0.2, -0.15) is 0 Å². The Hall–Kier alpha value is -2.95. The van der Waals surface area contributed by atoms with E-state index in [0.717, 1.165) is 18.5 Å². The molecule has 1 amide bonds. The molecular formula is C29H39N3O2. The maximum absolute atomic E-state index is 13.8. The average molecular weight is 462 g/mol. The van der Waals surface area contributed by atoms with Gasteiger partial charge >= 0.3 is 0 Å². The standard InChI is InChI=1S/C29H39N3O2/c1-7-22-13-15-23(16-14-22)32-28(30-25-12-10-9-11-24(25)29(32)34)26(8-2)31(18-17-20(3)4)27(33)19-21(5)6/h9-16,20-21,26H,7-8,17-19H2,1-6H3. The van der Waals surface area contributed by atoms with E-state index in [1.807, 2.05) is 41.3 Å². The highest BCUT2D eigenvalue weighted by Gasteiger charge is 2.29. The van der Waals surface area contributed by atoms with Crippen LogP contribution in [0.3, 0.4) is 0 Å². The molecule has 5 heteroatoms. The first-order valence-electron chi connectivity index (χ1n) is 12.7. The Morgan fingerprint density at radius 1 is 0.971 bits per heavy atom. The highest BCUT2D eigenvalue weighted by Crippen LogP contribution is 2.28. The number of hydrogen-bond donors (Lipinski definition) is 0. The quantitative estimate of drug-likeness (QED) is 0.355. The van der Waals surface area contributed by atoms with E-state index in [-0.39, 0.29) is 23.4 Å². The first-order valence-corrected chi connectivity index (χ1v) is 12.7. The fourth-order valence-electron chi connectivity index (χ4n) is 4.36. The van der Waals surface area contributed by atoms with Crippen molar-refractivity contribution >= 4 is 16.8 Å². The third-order valence-corrected chi connectivity index (χ3v) is 6.32. The van der Waals surface area contributed by atoms with Crippen molar-refractivity contribution in [2.75, 3.05) is 6.54 Å². The van der Waals surface area contributed by atoms with E-state index in [0.29, 0.717) is 42.0 Å². The molecule has 0 N–H and O–H groups in total. The molecule has 1 atom stereocenters. The molecule has 2 aromatic carbocycles. The van der Waals surface area contributed by atoms with E-state index in [1.165, 1.54) is 5.56 Å². The monoisotopic (exact) mass is 461 g/mol. The average Bonchev–Trinajstić information content (AvgIpc) is 2.81. The van der Waals surface area contributed by atoms with Crippen LogP contribution in [0.4, 0.5) is 0 Å². The molecule has 0 bridgehead atoms. The third-order valence-electron chi connectivity index (χ3n) is 6.32. The second-order valence-corrected chi connectivity index (χ2v) is 9.94. The van der Waals surface area contributed by atoms with Crippen molar-refractivity contribution in [3.8, 4) is 5.69 Å². The highest BCUT2D eigenvalue weighted by atomic mass is 16.2. The molecule has 3 rings (SSSR count). The summed E-state index contributed by atoms with van der Waals surface area (Å²) in [7, 11) is 0. The minimum atomic E-state index is -0.284. The van der Waals surface area contributed by atoms with Crippen LogP contribution < -0.4 is 5.56 Å². The largest absolute Gasteiger partial charge is 0.332 e. The van der Waals surface area contributed by atoms with Crippen molar-refractivity contribution in [3.05, 3.63) is 70.3 Å². The normalized spacial score (nSPS) is 12.5. The topological polar surface area (TPSA) is 55.2 Å². The predicted molar refractivity (Wildman–Crippen MR) is 140 cm³/mol. The number of fused-ring (bicyclic) bond motifs is 1. The lowest BCUT2D eigenvalue weighted by atomic mass is 10.0. The lowest BCUT2D eigenvalue weighted by molar-refractivity contribution is -0.135. The summed E-state index contributed by atoms with van der Waals surface area (Å²) in [4.78, 5) is 34.2. The zero-order chi connectivity index (χ0) is 24.8. The number of aryl methyl sites for hydroxylation is 1. The summed E-state index contributed by atoms with van der Waals surface area (Å²) in [6.07, 6.45) is 3.00. The Morgan fingerprint density at radius 3 is 2.24 bits per heavy atom. The van der Waals surface area contributed by atoms with Crippen molar-refractivity contribution < 1.29 is 4.79 Å². The molecule has 0 aliphatic carbocycles. The number of nitrogens with zero attached hydrogens (tertiary/aromatic N) is 3. The summed E-state index contributed by atoms with van der Waals surface area (Å²) in [5, 5.41) is 0.586. The van der Waals surface area contributed by atoms with Crippen LogP contribution in [0.1, 0.15) is 78.2 Å². The van der Waals surface area contributed by atoms with Crippen molar-refractivity contribution in [2.24, 2.45) is 11.8 Å². The first-order chi connectivity index (χ1) is 16.3. The van der Waals surface area contributed by atoms with Gasteiger partial charge in [0.05, 0.1) is 22.6 Å². The van der Waals surface area contributed by atoms with Gasteiger partial charge in [-0.15, -0.1) is 0 Å². The fourth-order valence-corrected chi connectivity index (χ4v) is 4.36. The van der Waals surface area contributed by atoms with Crippen LogP contribution in [-0.4, -0.2) is 26.9 Å². The number of amides is 1. The van der Waals surface area contributed by atoms with Crippen LogP contribution >= 0.6 is 0 Å². The first kappa shape index (κ1) is 25.7. The number of para-hydroxylation sites is 1. The Kier molecular flexibility index (Phi) is 8.65. The number of carbonyl (C=O) groups is 1. The van der Waals surface area contributed by atoms with Crippen LogP contribution in [0.2, 0.25) is 0 Å². The van der Waals surface area contributed by atoms with E-state index in [2.05, 4.69) is 53.7 Å². The van der Waals surface area contributed by atoms with Crippen LogP contribution in [0.5, 0.6) is 0 Å². The summed E-state index contributed by atoms with van der Waals surface area (Å²) < 4.78 is 1.72. The Morgan fingerprint density at radius 2 is 1.65 bits per heavy atom. The number of carbonyl (C=O) groups excluding carboxylic acids is 1. The summed E-state index contributed by atoms with van der Waals surface area (Å²) >= 11 is 0. The Balaban J connectivity index is 2.23. The van der Waals surface area contributed by atoms with E-state index >= 15 is 0 Å². The molecule has 3 aromatic rings. The maximum atomic E-state index is 13.8. The van der Waals surface area contributed by atoms with Gasteiger partial charge < -0.3 is 4.90 Å². The maximum Gasteiger partial charge on any atom is 0.266 e. The third kappa shape index (κ3) is 5.75. The summed E-state index contributed by atoms with van der Waals surface area (Å²) in [5.41, 5.74) is 2.57. The van der Waals surface area contributed by atoms with E-state index in [1.54, 1.807) is 4.57 Å². The smallest absolute Gasteiger partial charge is 0.266 e. The summed E-state index contributed by atoms with van der Waals surface area (Å²) in [6.45, 7) is 13.3. The van der Waals surface area contributed by atoms with Gasteiger partial charge in [-0.25, -0.2) is 4.98 Å². The molecule has 0 aliphatic heterocycles. The molecule has 5 nitrogen and oxygen atoms in total. The Labute approximate surface area is 203 Å². The molecule has 1 unspecified atom stereocenters. The van der Waals surface area contributed by atoms with Gasteiger partial charge in [-0.1, -0.05) is 65.8 Å². The van der Waals surface area contributed by atoms with Gasteiger partial charge in [-0.3, -0.25) is 14.2 Å². The minimum Gasteiger partial charge on any atom is -0.332 e. The molecule has 0 radical (unpaired) electrons. The highest BCUT2D eigenvalue weighted by molar-refractivity contribution is 5.79. The number of rotatable bonds is 10. The van der Waals surface area contributed by atoms with E-state index in [4.69, 9.17) is 4.98 Å². The van der Waals surface area contributed by atoms with Gasteiger partial charge in [0.2, 0.25) is 5.91 Å². The van der Waals surface area contributed by atoms with Crippen LogP contribution in [0.25, 0.3) is 16.6 Å². The zero-order valence-electron chi connectivity index (χ0n) is 21.5. The van der Waals surface area contributed by atoms with Crippen molar-refractivity contribution in [2.45, 2.75) is 73.3 Å². The van der Waals surface area contributed by atoms with Crippen LogP contribution in [-0.2, 0) is 11.2 Å². The van der Waals surface area contributed by atoms with Gasteiger partial charge in [0, 0.05) is 13.0 Å². The lowest BCUT2D eigenvalue weighted by Gasteiger charge is -2.33. The molecule has 0 fully saturated rings. The molecular weight excluding hydrogens is 422 g/mol. The molecule has 182 valence electrons. The lowest BCUT2D eigenvalue weighted by Crippen LogP contribution is -2.40. The number of hydrogen-bond acceptors (Lipinski definition) is 3. The van der Waals surface area contributed by atoms with Crippen molar-refractivity contribution in [1.82, 2.24) is 14.5 Å². The molecule has 0 saturated carbocycles. The van der Waals surface area contributed by atoms with Crippen LogP contribution in [0.15, 0.2) is 53.3 Å². The summed E-state index contributed by atoms with van der Waals surface area (Å²) in [6, 6.07) is 15.3. The fraction of sp³-hybridized carbons (Fsp3) is 0.483. The molecule has 0 spiro atoms. The molecule has 0 aliphatic rings.